The van der Waals surface area contributed by atoms with Crippen molar-refractivity contribution in [3.05, 3.63) is 72.1 Å². The van der Waals surface area contributed by atoms with Crippen LogP contribution in [0, 0.1) is 0 Å². The highest BCUT2D eigenvalue weighted by Crippen LogP contribution is 2.21. The quantitative estimate of drug-likeness (QED) is 0.781. The van der Waals surface area contributed by atoms with Crippen molar-refractivity contribution in [2.24, 2.45) is 0 Å². The number of hydrogen-bond donors (Lipinski definition) is 1. The molecule has 3 aromatic rings. The van der Waals surface area contributed by atoms with Gasteiger partial charge in [0.2, 0.25) is 0 Å². The van der Waals surface area contributed by atoms with Crippen molar-refractivity contribution in [2.75, 3.05) is 5.73 Å². The van der Waals surface area contributed by atoms with Crippen LogP contribution in [0.4, 0.5) is 5.82 Å². The minimum atomic E-state index is 0.576. The average molecular weight is 264 g/mol. The molecule has 20 heavy (non-hydrogen) atoms. The SMILES string of the molecule is Nc1cccc(CCc2cccc(-c3ccco3)c2)n1. The monoisotopic (exact) mass is 264 g/mol. The highest BCUT2D eigenvalue weighted by molar-refractivity contribution is 5.58. The van der Waals surface area contributed by atoms with Crippen molar-refractivity contribution < 1.29 is 4.42 Å². The Hall–Kier alpha value is -2.55. The fourth-order valence-corrected chi connectivity index (χ4v) is 2.23. The van der Waals surface area contributed by atoms with Gasteiger partial charge in [-0.25, -0.2) is 4.98 Å². The number of anilines is 1. The summed E-state index contributed by atoms with van der Waals surface area (Å²) >= 11 is 0. The highest BCUT2D eigenvalue weighted by atomic mass is 16.3. The standard InChI is InChI=1S/C17H16N2O/c18-17-8-2-6-15(19-17)10-9-13-4-1-5-14(12-13)16-7-3-11-20-16/h1-8,11-12H,9-10H2,(H2,18,19). The highest BCUT2D eigenvalue weighted by Gasteiger charge is 2.03. The van der Waals surface area contributed by atoms with Crippen molar-refractivity contribution >= 4 is 5.82 Å². The van der Waals surface area contributed by atoms with Gasteiger partial charge in [0.1, 0.15) is 11.6 Å². The molecule has 2 N–H and O–H groups in total. The smallest absolute Gasteiger partial charge is 0.133 e. The normalized spacial score (nSPS) is 10.6. The van der Waals surface area contributed by atoms with Gasteiger partial charge < -0.3 is 10.2 Å². The number of aromatic nitrogens is 1. The van der Waals surface area contributed by atoms with Gasteiger partial charge >= 0.3 is 0 Å². The summed E-state index contributed by atoms with van der Waals surface area (Å²) in [5, 5.41) is 0. The predicted octanol–water partition coefficient (Wildman–Crippen LogP) is 3.71. The lowest BCUT2D eigenvalue weighted by Gasteiger charge is -2.04. The molecule has 0 aliphatic carbocycles. The van der Waals surface area contributed by atoms with E-state index in [1.165, 1.54) is 5.56 Å². The van der Waals surface area contributed by atoms with E-state index in [-0.39, 0.29) is 0 Å². The van der Waals surface area contributed by atoms with Crippen LogP contribution in [0.3, 0.4) is 0 Å². The fraction of sp³-hybridized carbons (Fsp3) is 0.118. The second-order valence-electron chi connectivity index (χ2n) is 4.73. The summed E-state index contributed by atoms with van der Waals surface area (Å²) in [5.41, 5.74) is 9.09. The zero-order chi connectivity index (χ0) is 13.8. The van der Waals surface area contributed by atoms with Crippen molar-refractivity contribution in [2.45, 2.75) is 12.8 Å². The maximum absolute atomic E-state index is 5.69. The van der Waals surface area contributed by atoms with Crippen molar-refractivity contribution in [3.63, 3.8) is 0 Å². The molecule has 2 aromatic heterocycles. The Morgan fingerprint density at radius 3 is 2.65 bits per heavy atom. The van der Waals surface area contributed by atoms with Crippen LogP contribution in [-0.2, 0) is 12.8 Å². The summed E-state index contributed by atoms with van der Waals surface area (Å²) in [6.07, 6.45) is 3.51. The first-order valence-electron chi connectivity index (χ1n) is 6.65. The molecule has 3 nitrogen and oxygen atoms in total. The van der Waals surface area contributed by atoms with Crippen LogP contribution in [-0.4, -0.2) is 4.98 Å². The number of rotatable bonds is 4. The lowest BCUT2D eigenvalue weighted by molar-refractivity contribution is 0.582. The number of furan rings is 1. The third-order valence-corrected chi connectivity index (χ3v) is 3.23. The van der Waals surface area contributed by atoms with Gasteiger partial charge in [0.25, 0.3) is 0 Å². The molecule has 0 saturated heterocycles. The molecule has 0 amide bonds. The van der Waals surface area contributed by atoms with Gasteiger partial charge in [0, 0.05) is 11.3 Å². The second-order valence-corrected chi connectivity index (χ2v) is 4.73. The molecule has 3 rings (SSSR count). The summed E-state index contributed by atoms with van der Waals surface area (Å²) in [4.78, 5) is 4.32. The lowest BCUT2D eigenvalue weighted by atomic mass is 10.0. The Kier molecular flexibility index (Phi) is 3.50. The lowest BCUT2D eigenvalue weighted by Crippen LogP contribution is -1.97. The number of nitrogens with two attached hydrogens (primary N) is 1. The third kappa shape index (κ3) is 2.88. The van der Waals surface area contributed by atoms with E-state index in [1.54, 1.807) is 12.3 Å². The molecule has 0 fully saturated rings. The number of benzene rings is 1. The molecule has 0 atom stereocenters. The zero-order valence-corrected chi connectivity index (χ0v) is 11.1. The van der Waals surface area contributed by atoms with Gasteiger partial charge in [-0.1, -0.05) is 24.3 Å². The van der Waals surface area contributed by atoms with E-state index in [0.717, 1.165) is 29.9 Å². The first kappa shape index (κ1) is 12.5. The molecule has 0 aliphatic heterocycles. The van der Waals surface area contributed by atoms with Crippen LogP contribution in [0.2, 0.25) is 0 Å². The molecular formula is C17H16N2O. The number of hydrogen-bond acceptors (Lipinski definition) is 3. The topological polar surface area (TPSA) is 52.0 Å². The zero-order valence-electron chi connectivity index (χ0n) is 11.1. The molecule has 0 unspecified atom stereocenters. The summed E-state index contributed by atoms with van der Waals surface area (Å²) in [6.45, 7) is 0. The van der Waals surface area contributed by atoms with Gasteiger partial charge in [-0.15, -0.1) is 0 Å². The van der Waals surface area contributed by atoms with E-state index in [2.05, 4.69) is 29.2 Å². The van der Waals surface area contributed by atoms with Crippen LogP contribution in [0.5, 0.6) is 0 Å². The first-order chi connectivity index (χ1) is 9.81. The maximum Gasteiger partial charge on any atom is 0.133 e. The molecule has 3 heteroatoms. The Labute approximate surface area is 118 Å². The molecule has 0 aliphatic rings. The van der Waals surface area contributed by atoms with E-state index in [4.69, 9.17) is 10.2 Å². The Balaban J connectivity index is 1.73. The van der Waals surface area contributed by atoms with E-state index in [1.807, 2.05) is 24.3 Å². The van der Waals surface area contributed by atoms with Crippen molar-refractivity contribution in [1.82, 2.24) is 4.98 Å². The van der Waals surface area contributed by atoms with Crippen LogP contribution in [0.1, 0.15) is 11.3 Å². The minimum absolute atomic E-state index is 0.576. The molecular weight excluding hydrogens is 248 g/mol. The third-order valence-electron chi connectivity index (χ3n) is 3.23. The van der Waals surface area contributed by atoms with E-state index < -0.39 is 0 Å². The largest absolute Gasteiger partial charge is 0.464 e. The van der Waals surface area contributed by atoms with E-state index in [9.17, 15) is 0 Å². The second kappa shape index (κ2) is 5.61. The number of nitrogens with zero attached hydrogens (tertiary/aromatic N) is 1. The number of nitrogen functional groups attached to an aromatic ring is 1. The van der Waals surface area contributed by atoms with Crippen molar-refractivity contribution in [3.8, 4) is 11.3 Å². The molecule has 0 radical (unpaired) electrons. The molecule has 0 saturated carbocycles. The summed E-state index contributed by atoms with van der Waals surface area (Å²) < 4.78 is 5.42. The molecule has 0 spiro atoms. The summed E-state index contributed by atoms with van der Waals surface area (Å²) in [5.74, 6) is 1.47. The molecule has 0 bridgehead atoms. The molecule has 100 valence electrons. The Morgan fingerprint density at radius 1 is 0.950 bits per heavy atom. The Bertz CT molecular complexity index is 690. The molecule has 2 heterocycles. The summed E-state index contributed by atoms with van der Waals surface area (Å²) in [6, 6.07) is 18.0. The van der Waals surface area contributed by atoms with Crippen LogP contribution < -0.4 is 5.73 Å². The Morgan fingerprint density at radius 2 is 1.85 bits per heavy atom. The van der Waals surface area contributed by atoms with Crippen LogP contribution in [0.25, 0.3) is 11.3 Å². The van der Waals surface area contributed by atoms with Gasteiger partial charge in [0.15, 0.2) is 0 Å². The minimum Gasteiger partial charge on any atom is -0.464 e. The molecule has 1 aromatic carbocycles. The van der Waals surface area contributed by atoms with Gasteiger partial charge in [0.05, 0.1) is 6.26 Å². The number of aryl methyl sites for hydroxylation is 2. The fourth-order valence-electron chi connectivity index (χ4n) is 2.23. The predicted molar refractivity (Wildman–Crippen MR) is 80.2 cm³/mol. The van der Waals surface area contributed by atoms with Crippen LogP contribution >= 0.6 is 0 Å². The average Bonchev–Trinajstić information content (AvgIpc) is 3.00. The maximum atomic E-state index is 5.69. The summed E-state index contributed by atoms with van der Waals surface area (Å²) in [7, 11) is 0. The van der Waals surface area contributed by atoms with Gasteiger partial charge in [-0.05, 0) is 48.7 Å². The first-order valence-corrected chi connectivity index (χ1v) is 6.65. The van der Waals surface area contributed by atoms with E-state index in [0.29, 0.717) is 5.82 Å². The van der Waals surface area contributed by atoms with Gasteiger partial charge in [-0.3, -0.25) is 0 Å². The number of pyridine rings is 1. The van der Waals surface area contributed by atoms with E-state index >= 15 is 0 Å². The van der Waals surface area contributed by atoms with Crippen molar-refractivity contribution in [1.29, 1.82) is 0 Å². The van der Waals surface area contributed by atoms with Crippen LogP contribution in [0.15, 0.2) is 65.3 Å². The van der Waals surface area contributed by atoms with Gasteiger partial charge in [-0.2, -0.15) is 0 Å².